The Hall–Kier alpha value is -1.17. The molecule has 1 fully saturated rings. The van der Waals surface area contributed by atoms with Crippen LogP contribution in [0.3, 0.4) is 0 Å². The number of nitrogens with one attached hydrogen (secondary N) is 2. The van der Waals surface area contributed by atoms with Crippen molar-refractivity contribution >= 4 is 18.4 Å². The fraction of sp³-hybridized carbons (Fsp3) is 0.333. The lowest BCUT2D eigenvalue weighted by atomic mass is 10.1. The van der Waals surface area contributed by atoms with Crippen molar-refractivity contribution in [2.45, 2.75) is 18.5 Å². The number of aromatic nitrogens is 1. The van der Waals surface area contributed by atoms with Crippen LogP contribution in [0.1, 0.15) is 18.2 Å². The summed E-state index contributed by atoms with van der Waals surface area (Å²) in [5, 5.41) is 8.76. The van der Waals surface area contributed by atoms with Crippen LogP contribution in [-0.2, 0) is 4.79 Å². The van der Waals surface area contributed by atoms with Crippen LogP contribution < -0.4 is 10.9 Å². The third-order valence-electron chi connectivity index (χ3n) is 2.25. The second kappa shape index (κ2) is 5.06. The van der Waals surface area contributed by atoms with Crippen molar-refractivity contribution in [1.29, 1.82) is 0 Å². The zero-order valence-corrected chi connectivity index (χ0v) is 8.70. The van der Waals surface area contributed by atoms with E-state index < -0.39 is 12.0 Å². The van der Waals surface area contributed by atoms with E-state index in [1.165, 1.54) is 0 Å². The van der Waals surface area contributed by atoms with Gasteiger partial charge in [-0.2, -0.15) is 0 Å². The van der Waals surface area contributed by atoms with Crippen molar-refractivity contribution in [3.63, 3.8) is 0 Å². The van der Waals surface area contributed by atoms with Crippen LogP contribution >= 0.6 is 12.4 Å². The number of rotatable bonds is 2. The van der Waals surface area contributed by atoms with Crippen LogP contribution in [0.15, 0.2) is 24.4 Å². The number of hydrogen-bond acceptors (Lipinski definition) is 4. The molecule has 0 saturated carbocycles. The van der Waals surface area contributed by atoms with Gasteiger partial charge in [0, 0.05) is 6.20 Å². The molecule has 1 saturated heterocycles. The molecule has 0 aromatic carbocycles. The molecule has 2 rings (SSSR count). The molecule has 2 atom stereocenters. The maximum Gasteiger partial charge on any atom is 0.322 e. The highest BCUT2D eigenvalue weighted by atomic mass is 35.5. The van der Waals surface area contributed by atoms with Crippen LogP contribution in [-0.4, -0.2) is 22.1 Å². The van der Waals surface area contributed by atoms with Gasteiger partial charge < -0.3 is 5.11 Å². The van der Waals surface area contributed by atoms with Gasteiger partial charge in [0.25, 0.3) is 0 Å². The molecule has 82 valence electrons. The summed E-state index contributed by atoms with van der Waals surface area (Å²) >= 11 is 0. The third kappa shape index (κ3) is 2.65. The summed E-state index contributed by atoms with van der Waals surface area (Å²) in [6, 6.07) is 5.06. The van der Waals surface area contributed by atoms with Gasteiger partial charge in [-0.3, -0.25) is 9.78 Å². The predicted octanol–water partition coefficient (Wildman–Crippen LogP) is 0.496. The average Bonchev–Trinajstić information content (AvgIpc) is 2.68. The van der Waals surface area contributed by atoms with E-state index in [4.69, 9.17) is 5.11 Å². The molecule has 0 amide bonds. The Labute approximate surface area is 93.3 Å². The number of carboxylic acids is 1. The summed E-state index contributed by atoms with van der Waals surface area (Å²) in [5.74, 6) is -0.837. The number of nitrogens with zero attached hydrogens (tertiary/aromatic N) is 1. The SMILES string of the molecule is Cl.O=C(O)C1CC(c2ccccn2)NN1. The molecule has 5 nitrogen and oxygen atoms in total. The fourth-order valence-electron chi connectivity index (χ4n) is 1.49. The fourth-order valence-corrected chi connectivity index (χ4v) is 1.49. The zero-order valence-electron chi connectivity index (χ0n) is 7.88. The monoisotopic (exact) mass is 229 g/mol. The minimum atomic E-state index is -0.837. The Balaban J connectivity index is 0.00000112. The topological polar surface area (TPSA) is 74.2 Å². The summed E-state index contributed by atoms with van der Waals surface area (Å²) in [5.41, 5.74) is 6.49. The Bertz CT molecular complexity index is 333. The molecule has 2 heterocycles. The molecule has 1 aliphatic heterocycles. The normalized spacial score (nSPS) is 24.5. The summed E-state index contributed by atoms with van der Waals surface area (Å²) in [7, 11) is 0. The lowest BCUT2D eigenvalue weighted by molar-refractivity contribution is -0.139. The van der Waals surface area contributed by atoms with Crippen LogP contribution in [0.4, 0.5) is 0 Å². The quantitative estimate of drug-likeness (QED) is 0.689. The molecule has 0 bridgehead atoms. The first-order valence-corrected chi connectivity index (χ1v) is 4.42. The van der Waals surface area contributed by atoms with E-state index in [-0.39, 0.29) is 18.4 Å². The van der Waals surface area contributed by atoms with Gasteiger partial charge in [-0.05, 0) is 18.6 Å². The molecule has 3 N–H and O–H groups in total. The molecular formula is C9H12ClN3O2. The van der Waals surface area contributed by atoms with Crippen molar-refractivity contribution in [3.8, 4) is 0 Å². The summed E-state index contributed by atoms with van der Waals surface area (Å²) < 4.78 is 0. The lowest BCUT2D eigenvalue weighted by Crippen LogP contribution is -2.36. The number of carbonyl (C=O) groups is 1. The number of hydrazine groups is 1. The van der Waals surface area contributed by atoms with Crippen LogP contribution in [0.2, 0.25) is 0 Å². The number of pyridine rings is 1. The first-order valence-electron chi connectivity index (χ1n) is 4.42. The highest BCUT2D eigenvalue weighted by Crippen LogP contribution is 2.19. The first-order chi connectivity index (χ1) is 6.77. The Morgan fingerprint density at radius 3 is 2.80 bits per heavy atom. The van der Waals surface area contributed by atoms with Gasteiger partial charge in [-0.1, -0.05) is 6.07 Å². The average molecular weight is 230 g/mol. The van der Waals surface area contributed by atoms with Gasteiger partial charge in [0.15, 0.2) is 0 Å². The number of hydrogen-bond donors (Lipinski definition) is 3. The molecule has 6 heteroatoms. The van der Waals surface area contributed by atoms with Gasteiger partial charge in [0.1, 0.15) is 6.04 Å². The van der Waals surface area contributed by atoms with E-state index in [1.807, 2.05) is 18.2 Å². The molecule has 15 heavy (non-hydrogen) atoms. The minimum Gasteiger partial charge on any atom is -0.480 e. The largest absolute Gasteiger partial charge is 0.480 e. The standard InChI is InChI=1S/C9H11N3O2.ClH/c13-9(14)8-5-7(11-12-8)6-3-1-2-4-10-6;/h1-4,7-8,11-12H,5H2,(H,13,14);1H. The van der Waals surface area contributed by atoms with E-state index in [2.05, 4.69) is 15.8 Å². The summed E-state index contributed by atoms with van der Waals surface area (Å²) in [4.78, 5) is 14.8. The maximum absolute atomic E-state index is 10.7. The van der Waals surface area contributed by atoms with Crippen LogP contribution in [0.5, 0.6) is 0 Å². The molecule has 2 unspecified atom stereocenters. The van der Waals surface area contributed by atoms with Gasteiger partial charge in [-0.25, -0.2) is 10.9 Å². The molecule has 0 aliphatic carbocycles. The summed E-state index contributed by atoms with van der Waals surface area (Å²) in [6.45, 7) is 0. The van der Waals surface area contributed by atoms with Crippen molar-refractivity contribution in [3.05, 3.63) is 30.1 Å². The molecule has 1 aliphatic rings. The highest BCUT2D eigenvalue weighted by molar-refractivity contribution is 5.85. The van der Waals surface area contributed by atoms with Crippen molar-refractivity contribution in [1.82, 2.24) is 15.8 Å². The number of aliphatic carboxylic acids is 1. The third-order valence-corrected chi connectivity index (χ3v) is 2.25. The second-order valence-electron chi connectivity index (χ2n) is 3.22. The van der Waals surface area contributed by atoms with E-state index in [0.717, 1.165) is 5.69 Å². The molecule has 1 aromatic heterocycles. The Morgan fingerprint density at radius 2 is 2.27 bits per heavy atom. The lowest BCUT2D eigenvalue weighted by Gasteiger charge is -2.06. The van der Waals surface area contributed by atoms with Crippen molar-refractivity contribution in [2.24, 2.45) is 0 Å². The van der Waals surface area contributed by atoms with E-state index in [9.17, 15) is 4.79 Å². The second-order valence-corrected chi connectivity index (χ2v) is 3.22. The molecule has 0 spiro atoms. The van der Waals surface area contributed by atoms with Crippen LogP contribution in [0, 0.1) is 0 Å². The number of halogens is 1. The zero-order chi connectivity index (χ0) is 9.97. The van der Waals surface area contributed by atoms with Gasteiger partial charge >= 0.3 is 5.97 Å². The smallest absolute Gasteiger partial charge is 0.322 e. The van der Waals surface area contributed by atoms with Gasteiger partial charge in [0.05, 0.1) is 11.7 Å². The maximum atomic E-state index is 10.7. The Kier molecular flexibility index (Phi) is 4.02. The number of carboxylic acid groups (broad SMARTS) is 1. The Morgan fingerprint density at radius 1 is 1.47 bits per heavy atom. The van der Waals surface area contributed by atoms with E-state index >= 15 is 0 Å². The van der Waals surface area contributed by atoms with Gasteiger partial charge in [0.2, 0.25) is 0 Å². The first kappa shape index (κ1) is 11.9. The van der Waals surface area contributed by atoms with Crippen molar-refractivity contribution < 1.29 is 9.90 Å². The highest BCUT2D eigenvalue weighted by Gasteiger charge is 2.30. The predicted molar refractivity (Wildman–Crippen MR) is 56.5 cm³/mol. The molecular weight excluding hydrogens is 218 g/mol. The van der Waals surface area contributed by atoms with Gasteiger partial charge in [-0.15, -0.1) is 12.4 Å². The van der Waals surface area contributed by atoms with Crippen molar-refractivity contribution in [2.75, 3.05) is 0 Å². The summed E-state index contributed by atoms with van der Waals surface area (Å²) in [6.07, 6.45) is 2.22. The van der Waals surface area contributed by atoms with E-state index in [0.29, 0.717) is 6.42 Å². The molecule has 0 radical (unpaired) electrons. The van der Waals surface area contributed by atoms with Crippen LogP contribution in [0.25, 0.3) is 0 Å². The van der Waals surface area contributed by atoms with E-state index in [1.54, 1.807) is 6.20 Å². The minimum absolute atomic E-state index is 0. The molecule has 1 aromatic rings.